The molecule has 0 unspecified atom stereocenters. The maximum atomic E-state index is 9.16. The monoisotopic (exact) mass is 197 g/mol. The standard InChI is InChI=1S/C11H8BNO2/c13-7-8-5-6-11(12(14)15)10-4-2-1-3-9(8)10/h1-6,14-15H. The van der Waals surface area contributed by atoms with E-state index in [0.717, 1.165) is 5.39 Å². The lowest BCUT2D eigenvalue weighted by Gasteiger charge is -2.06. The summed E-state index contributed by atoms with van der Waals surface area (Å²) >= 11 is 0. The van der Waals surface area contributed by atoms with Crippen molar-refractivity contribution in [2.75, 3.05) is 0 Å². The molecule has 0 aliphatic carbocycles. The van der Waals surface area contributed by atoms with Crippen molar-refractivity contribution < 1.29 is 10.0 Å². The van der Waals surface area contributed by atoms with E-state index >= 15 is 0 Å². The molecule has 2 rings (SSSR count). The lowest BCUT2D eigenvalue weighted by Crippen LogP contribution is -2.30. The molecule has 4 heteroatoms. The summed E-state index contributed by atoms with van der Waals surface area (Å²) in [7, 11) is -1.51. The Bertz CT molecular complexity index is 546. The molecule has 0 atom stereocenters. The molecule has 2 N–H and O–H groups in total. The van der Waals surface area contributed by atoms with Crippen LogP contribution in [0.3, 0.4) is 0 Å². The smallest absolute Gasteiger partial charge is 0.423 e. The van der Waals surface area contributed by atoms with Gasteiger partial charge in [0.2, 0.25) is 0 Å². The highest BCUT2D eigenvalue weighted by molar-refractivity contribution is 6.62. The highest BCUT2D eigenvalue weighted by atomic mass is 16.4. The van der Waals surface area contributed by atoms with E-state index < -0.39 is 7.12 Å². The third-order valence-corrected chi connectivity index (χ3v) is 2.36. The minimum absolute atomic E-state index is 0.421. The maximum absolute atomic E-state index is 9.16. The van der Waals surface area contributed by atoms with Crippen LogP contribution in [-0.4, -0.2) is 17.2 Å². The number of fused-ring (bicyclic) bond motifs is 1. The van der Waals surface area contributed by atoms with Gasteiger partial charge >= 0.3 is 7.12 Å². The van der Waals surface area contributed by atoms with Crippen molar-refractivity contribution in [2.45, 2.75) is 0 Å². The molecule has 0 fully saturated rings. The van der Waals surface area contributed by atoms with E-state index in [4.69, 9.17) is 15.3 Å². The third kappa shape index (κ3) is 1.59. The van der Waals surface area contributed by atoms with Crippen LogP contribution in [0.5, 0.6) is 0 Å². The summed E-state index contributed by atoms with van der Waals surface area (Å²) in [5.74, 6) is 0. The Labute approximate surface area is 87.4 Å². The van der Waals surface area contributed by atoms with Gasteiger partial charge in [-0.15, -0.1) is 0 Å². The van der Waals surface area contributed by atoms with Crippen LogP contribution in [0.1, 0.15) is 5.56 Å². The summed E-state index contributed by atoms with van der Waals surface area (Å²) in [4.78, 5) is 0. The second-order valence-electron chi connectivity index (χ2n) is 3.23. The van der Waals surface area contributed by atoms with Crippen molar-refractivity contribution in [2.24, 2.45) is 0 Å². The molecule has 0 heterocycles. The van der Waals surface area contributed by atoms with E-state index in [1.165, 1.54) is 0 Å². The van der Waals surface area contributed by atoms with Gasteiger partial charge in [-0.25, -0.2) is 0 Å². The zero-order chi connectivity index (χ0) is 10.8. The van der Waals surface area contributed by atoms with Crippen LogP contribution in [-0.2, 0) is 0 Å². The number of benzene rings is 2. The van der Waals surface area contributed by atoms with Crippen molar-refractivity contribution in [1.29, 1.82) is 5.26 Å². The molecule has 2 aromatic carbocycles. The first kappa shape index (κ1) is 9.72. The molecule has 0 saturated heterocycles. The van der Waals surface area contributed by atoms with Crippen LogP contribution in [0.25, 0.3) is 10.8 Å². The van der Waals surface area contributed by atoms with Gasteiger partial charge in [-0.3, -0.25) is 0 Å². The zero-order valence-electron chi connectivity index (χ0n) is 7.88. The fourth-order valence-electron chi connectivity index (χ4n) is 1.65. The van der Waals surface area contributed by atoms with Crippen molar-refractivity contribution in [3.8, 4) is 6.07 Å². The molecule has 0 aromatic heterocycles. The molecule has 2 aromatic rings. The van der Waals surface area contributed by atoms with Gasteiger partial charge in [-0.1, -0.05) is 30.3 Å². The second-order valence-corrected chi connectivity index (χ2v) is 3.23. The third-order valence-electron chi connectivity index (χ3n) is 2.36. The fraction of sp³-hybridized carbons (Fsp3) is 0. The zero-order valence-corrected chi connectivity index (χ0v) is 7.88. The molecule has 0 radical (unpaired) electrons. The predicted molar refractivity (Wildman–Crippen MR) is 58.5 cm³/mol. The van der Waals surface area contributed by atoms with Crippen LogP contribution in [0.4, 0.5) is 0 Å². The molecular formula is C11H8BNO2. The van der Waals surface area contributed by atoms with E-state index in [9.17, 15) is 0 Å². The summed E-state index contributed by atoms with van der Waals surface area (Å²) in [5.41, 5.74) is 0.958. The first-order valence-electron chi connectivity index (χ1n) is 4.52. The number of rotatable bonds is 1. The Morgan fingerprint density at radius 2 is 1.67 bits per heavy atom. The molecule has 0 bridgehead atoms. The van der Waals surface area contributed by atoms with Gasteiger partial charge in [-0.05, 0) is 22.3 Å². The van der Waals surface area contributed by atoms with Gasteiger partial charge in [0.15, 0.2) is 0 Å². The number of nitrogens with zero attached hydrogens (tertiary/aromatic N) is 1. The summed E-state index contributed by atoms with van der Waals surface area (Å²) in [6.45, 7) is 0. The predicted octanol–water partition coefficient (Wildman–Crippen LogP) is 0.391. The first-order valence-corrected chi connectivity index (χ1v) is 4.52. The Kier molecular flexibility index (Phi) is 2.42. The molecule has 0 spiro atoms. The van der Waals surface area contributed by atoms with Crippen molar-refractivity contribution in [1.82, 2.24) is 0 Å². The summed E-state index contributed by atoms with van der Waals surface area (Å²) < 4.78 is 0. The quantitative estimate of drug-likeness (QED) is 0.650. The molecule has 72 valence electrons. The Hall–Kier alpha value is -1.83. The molecule has 0 saturated carbocycles. The van der Waals surface area contributed by atoms with E-state index in [-0.39, 0.29) is 0 Å². The van der Waals surface area contributed by atoms with Crippen LogP contribution >= 0.6 is 0 Å². The van der Waals surface area contributed by atoms with Gasteiger partial charge < -0.3 is 10.0 Å². The number of hydrogen-bond donors (Lipinski definition) is 2. The van der Waals surface area contributed by atoms with Crippen LogP contribution < -0.4 is 5.46 Å². The van der Waals surface area contributed by atoms with Crippen LogP contribution in [0.2, 0.25) is 0 Å². The van der Waals surface area contributed by atoms with E-state index in [2.05, 4.69) is 6.07 Å². The van der Waals surface area contributed by atoms with Crippen LogP contribution in [0.15, 0.2) is 36.4 Å². The van der Waals surface area contributed by atoms with Gasteiger partial charge in [0.1, 0.15) is 0 Å². The molecule has 0 amide bonds. The second kappa shape index (κ2) is 3.74. The van der Waals surface area contributed by atoms with E-state index in [0.29, 0.717) is 16.4 Å². The van der Waals surface area contributed by atoms with E-state index in [1.54, 1.807) is 30.3 Å². The Balaban J connectivity index is 2.85. The Morgan fingerprint density at radius 1 is 1.00 bits per heavy atom. The van der Waals surface area contributed by atoms with E-state index in [1.807, 2.05) is 6.07 Å². The molecule has 0 aliphatic rings. The van der Waals surface area contributed by atoms with Crippen molar-refractivity contribution >= 4 is 23.4 Å². The molecule has 3 nitrogen and oxygen atoms in total. The average molecular weight is 197 g/mol. The van der Waals surface area contributed by atoms with Gasteiger partial charge in [0.05, 0.1) is 11.6 Å². The lowest BCUT2D eigenvalue weighted by molar-refractivity contribution is 0.426. The summed E-state index contributed by atoms with van der Waals surface area (Å²) in [5, 5.41) is 28.6. The number of nitriles is 1. The first-order chi connectivity index (χ1) is 7.24. The minimum Gasteiger partial charge on any atom is -0.423 e. The van der Waals surface area contributed by atoms with Gasteiger partial charge in [0.25, 0.3) is 0 Å². The lowest BCUT2D eigenvalue weighted by atomic mass is 9.76. The summed E-state index contributed by atoms with van der Waals surface area (Å²) in [6.07, 6.45) is 0. The average Bonchev–Trinajstić information content (AvgIpc) is 2.27. The number of hydrogen-bond acceptors (Lipinski definition) is 3. The van der Waals surface area contributed by atoms with Crippen molar-refractivity contribution in [3.05, 3.63) is 42.0 Å². The topological polar surface area (TPSA) is 64.2 Å². The minimum atomic E-state index is -1.51. The SMILES string of the molecule is N#Cc1ccc(B(O)O)c2ccccc12. The van der Waals surface area contributed by atoms with Crippen molar-refractivity contribution in [3.63, 3.8) is 0 Å². The fourth-order valence-corrected chi connectivity index (χ4v) is 1.65. The largest absolute Gasteiger partial charge is 0.489 e. The van der Waals surface area contributed by atoms with Gasteiger partial charge in [0, 0.05) is 0 Å². The van der Waals surface area contributed by atoms with Crippen LogP contribution in [0, 0.1) is 11.3 Å². The highest BCUT2D eigenvalue weighted by Crippen LogP contribution is 2.16. The molecule has 0 aliphatic heterocycles. The highest BCUT2D eigenvalue weighted by Gasteiger charge is 2.15. The Morgan fingerprint density at radius 3 is 2.27 bits per heavy atom. The summed E-state index contributed by atoms with van der Waals surface area (Å²) in [6, 6.07) is 12.4. The molecule has 15 heavy (non-hydrogen) atoms. The maximum Gasteiger partial charge on any atom is 0.489 e. The van der Waals surface area contributed by atoms with Gasteiger partial charge in [-0.2, -0.15) is 5.26 Å². The molecular weight excluding hydrogens is 189 g/mol. The normalized spacial score (nSPS) is 9.93.